The SMILES string of the molecule is CC(CC#N)C(O)c1ccco1. The summed E-state index contributed by atoms with van der Waals surface area (Å²) in [5.41, 5.74) is 0. The number of hydrogen-bond acceptors (Lipinski definition) is 3. The lowest BCUT2D eigenvalue weighted by Gasteiger charge is -2.12. The van der Waals surface area contributed by atoms with Crippen molar-refractivity contribution in [3.05, 3.63) is 24.2 Å². The Kier molecular flexibility index (Phi) is 2.89. The van der Waals surface area contributed by atoms with Gasteiger partial charge in [0.05, 0.1) is 12.3 Å². The van der Waals surface area contributed by atoms with Crippen molar-refractivity contribution in [1.29, 1.82) is 5.26 Å². The Morgan fingerprint density at radius 3 is 3.00 bits per heavy atom. The first-order valence-corrected chi connectivity index (χ1v) is 3.84. The molecular weight excluding hydrogens is 154 g/mol. The molecule has 1 aromatic rings. The minimum Gasteiger partial charge on any atom is -0.467 e. The summed E-state index contributed by atoms with van der Waals surface area (Å²) in [6.45, 7) is 1.82. The Labute approximate surface area is 71.2 Å². The molecule has 0 spiro atoms. The molecule has 3 heteroatoms. The molecule has 1 heterocycles. The molecule has 0 aliphatic carbocycles. The first-order valence-electron chi connectivity index (χ1n) is 3.84. The zero-order chi connectivity index (χ0) is 8.97. The summed E-state index contributed by atoms with van der Waals surface area (Å²) in [7, 11) is 0. The predicted molar refractivity (Wildman–Crippen MR) is 43.1 cm³/mol. The van der Waals surface area contributed by atoms with E-state index in [2.05, 4.69) is 0 Å². The van der Waals surface area contributed by atoms with Gasteiger partial charge in [0, 0.05) is 12.3 Å². The number of nitrogens with zero attached hydrogens (tertiary/aromatic N) is 1. The minimum atomic E-state index is -0.667. The number of hydrogen-bond donors (Lipinski definition) is 1. The third-order valence-corrected chi connectivity index (χ3v) is 1.79. The molecule has 3 nitrogen and oxygen atoms in total. The topological polar surface area (TPSA) is 57.2 Å². The fraction of sp³-hybridized carbons (Fsp3) is 0.444. The van der Waals surface area contributed by atoms with Crippen molar-refractivity contribution in [3.63, 3.8) is 0 Å². The average Bonchev–Trinajstić information content (AvgIpc) is 2.55. The fourth-order valence-corrected chi connectivity index (χ4v) is 0.996. The van der Waals surface area contributed by atoms with E-state index in [1.54, 1.807) is 12.1 Å². The van der Waals surface area contributed by atoms with E-state index in [1.165, 1.54) is 6.26 Å². The maximum absolute atomic E-state index is 9.56. The van der Waals surface area contributed by atoms with Crippen LogP contribution in [0.5, 0.6) is 0 Å². The van der Waals surface area contributed by atoms with Crippen LogP contribution in [0.15, 0.2) is 22.8 Å². The number of aliphatic hydroxyl groups excluding tert-OH is 1. The molecule has 64 valence electrons. The summed E-state index contributed by atoms with van der Waals surface area (Å²) in [5, 5.41) is 18.0. The molecule has 0 bridgehead atoms. The molecule has 1 aromatic heterocycles. The second-order valence-corrected chi connectivity index (χ2v) is 2.80. The van der Waals surface area contributed by atoms with Gasteiger partial charge in [0.15, 0.2) is 0 Å². The maximum Gasteiger partial charge on any atom is 0.132 e. The van der Waals surface area contributed by atoms with Gasteiger partial charge in [-0.05, 0) is 12.1 Å². The molecule has 0 fully saturated rings. The second kappa shape index (κ2) is 3.93. The largest absolute Gasteiger partial charge is 0.467 e. The highest BCUT2D eigenvalue weighted by atomic mass is 16.4. The Morgan fingerprint density at radius 1 is 1.75 bits per heavy atom. The van der Waals surface area contributed by atoms with Gasteiger partial charge in [-0.15, -0.1) is 0 Å². The van der Waals surface area contributed by atoms with Crippen LogP contribution in [-0.2, 0) is 0 Å². The van der Waals surface area contributed by atoms with Gasteiger partial charge in [0.25, 0.3) is 0 Å². The van der Waals surface area contributed by atoms with Crippen LogP contribution in [0, 0.1) is 17.2 Å². The lowest BCUT2D eigenvalue weighted by Crippen LogP contribution is -2.07. The van der Waals surface area contributed by atoms with Crippen LogP contribution in [0.4, 0.5) is 0 Å². The number of furan rings is 1. The average molecular weight is 165 g/mol. The van der Waals surface area contributed by atoms with Crippen molar-refractivity contribution < 1.29 is 9.52 Å². The van der Waals surface area contributed by atoms with Gasteiger partial charge < -0.3 is 9.52 Å². The smallest absolute Gasteiger partial charge is 0.132 e. The van der Waals surface area contributed by atoms with Crippen molar-refractivity contribution in [2.45, 2.75) is 19.4 Å². The Morgan fingerprint density at radius 2 is 2.50 bits per heavy atom. The van der Waals surface area contributed by atoms with Crippen molar-refractivity contribution in [2.24, 2.45) is 5.92 Å². The van der Waals surface area contributed by atoms with Gasteiger partial charge >= 0.3 is 0 Å². The quantitative estimate of drug-likeness (QED) is 0.743. The predicted octanol–water partition coefficient (Wildman–Crippen LogP) is 1.86. The third-order valence-electron chi connectivity index (χ3n) is 1.79. The lowest BCUT2D eigenvalue weighted by molar-refractivity contribution is 0.0962. The van der Waals surface area contributed by atoms with Crippen molar-refractivity contribution in [2.75, 3.05) is 0 Å². The highest BCUT2D eigenvalue weighted by Gasteiger charge is 2.17. The van der Waals surface area contributed by atoms with E-state index in [0.717, 1.165) is 0 Å². The van der Waals surface area contributed by atoms with E-state index in [1.807, 2.05) is 13.0 Å². The van der Waals surface area contributed by atoms with Gasteiger partial charge in [-0.3, -0.25) is 0 Å². The van der Waals surface area contributed by atoms with Gasteiger partial charge in [-0.25, -0.2) is 0 Å². The van der Waals surface area contributed by atoms with Gasteiger partial charge in [0.1, 0.15) is 11.9 Å². The number of aliphatic hydroxyl groups is 1. The summed E-state index contributed by atoms with van der Waals surface area (Å²) in [5.74, 6) is 0.443. The van der Waals surface area contributed by atoms with Crippen LogP contribution in [0.1, 0.15) is 25.2 Å². The van der Waals surface area contributed by atoms with E-state index >= 15 is 0 Å². The summed E-state index contributed by atoms with van der Waals surface area (Å²) < 4.78 is 5.00. The lowest BCUT2D eigenvalue weighted by atomic mass is 10.00. The molecule has 2 atom stereocenters. The van der Waals surface area contributed by atoms with Crippen molar-refractivity contribution in [1.82, 2.24) is 0 Å². The van der Waals surface area contributed by atoms with E-state index in [9.17, 15) is 5.11 Å². The molecule has 0 aromatic carbocycles. The van der Waals surface area contributed by atoms with Gasteiger partial charge in [0.2, 0.25) is 0 Å². The fourth-order valence-electron chi connectivity index (χ4n) is 0.996. The number of rotatable bonds is 3. The summed E-state index contributed by atoms with van der Waals surface area (Å²) in [6.07, 6.45) is 1.18. The molecule has 0 aliphatic heterocycles. The van der Waals surface area contributed by atoms with Gasteiger partial charge in [-0.1, -0.05) is 6.92 Å². The van der Waals surface area contributed by atoms with Crippen LogP contribution >= 0.6 is 0 Å². The molecule has 2 unspecified atom stereocenters. The zero-order valence-electron chi connectivity index (χ0n) is 6.90. The third kappa shape index (κ3) is 1.86. The van der Waals surface area contributed by atoms with Crippen molar-refractivity contribution >= 4 is 0 Å². The van der Waals surface area contributed by atoms with Crippen molar-refractivity contribution in [3.8, 4) is 6.07 Å². The van der Waals surface area contributed by atoms with E-state index in [0.29, 0.717) is 12.2 Å². The van der Waals surface area contributed by atoms with E-state index in [-0.39, 0.29) is 5.92 Å². The standard InChI is InChI=1S/C9H11NO2/c1-7(4-5-10)9(11)8-3-2-6-12-8/h2-3,6-7,9,11H,4H2,1H3. The monoisotopic (exact) mass is 165 g/mol. The molecule has 1 N–H and O–H groups in total. The summed E-state index contributed by atoms with van der Waals surface area (Å²) in [6, 6.07) is 5.44. The highest BCUT2D eigenvalue weighted by Crippen LogP contribution is 2.23. The normalized spacial score (nSPS) is 15.1. The maximum atomic E-state index is 9.56. The molecule has 0 radical (unpaired) electrons. The molecular formula is C9H11NO2. The van der Waals surface area contributed by atoms with E-state index < -0.39 is 6.10 Å². The molecule has 0 saturated heterocycles. The molecule has 0 amide bonds. The van der Waals surface area contributed by atoms with Crippen LogP contribution < -0.4 is 0 Å². The molecule has 1 rings (SSSR count). The number of nitriles is 1. The molecule has 0 saturated carbocycles. The summed E-state index contributed by atoms with van der Waals surface area (Å²) in [4.78, 5) is 0. The Balaban J connectivity index is 2.60. The summed E-state index contributed by atoms with van der Waals surface area (Å²) >= 11 is 0. The highest BCUT2D eigenvalue weighted by molar-refractivity contribution is 5.03. The first kappa shape index (κ1) is 8.82. The Hall–Kier alpha value is -1.27. The zero-order valence-corrected chi connectivity index (χ0v) is 6.90. The minimum absolute atomic E-state index is 0.0823. The van der Waals surface area contributed by atoms with Crippen LogP contribution in [0.3, 0.4) is 0 Å². The van der Waals surface area contributed by atoms with Gasteiger partial charge in [-0.2, -0.15) is 5.26 Å². The van der Waals surface area contributed by atoms with E-state index in [4.69, 9.17) is 9.68 Å². The first-order chi connectivity index (χ1) is 5.75. The molecule has 0 aliphatic rings. The van der Waals surface area contributed by atoms with Crippen LogP contribution in [0.25, 0.3) is 0 Å². The van der Waals surface area contributed by atoms with Crippen LogP contribution in [-0.4, -0.2) is 5.11 Å². The Bertz CT molecular complexity index is 261. The van der Waals surface area contributed by atoms with Crippen LogP contribution in [0.2, 0.25) is 0 Å². The molecule has 12 heavy (non-hydrogen) atoms. The second-order valence-electron chi connectivity index (χ2n) is 2.80.